The van der Waals surface area contributed by atoms with E-state index < -0.39 is 0 Å². The van der Waals surface area contributed by atoms with Crippen molar-refractivity contribution in [3.8, 4) is 11.5 Å². The molecule has 7 heteroatoms. The molecule has 0 spiro atoms. The van der Waals surface area contributed by atoms with Crippen LogP contribution in [0.15, 0.2) is 66.7 Å². The Bertz CT molecular complexity index is 1160. The highest BCUT2D eigenvalue weighted by Gasteiger charge is 2.19. The molecule has 0 bridgehead atoms. The van der Waals surface area contributed by atoms with Gasteiger partial charge < -0.3 is 10.1 Å². The lowest BCUT2D eigenvalue weighted by atomic mass is 10.2. The molecule has 0 unspecified atom stereocenters. The summed E-state index contributed by atoms with van der Waals surface area (Å²) in [6, 6.07) is 19.9. The highest BCUT2D eigenvalue weighted by Crippen LogP contribution is 2.41. The number of carbonyl (C=O) groups is 1. The van der Waals surface area contributed by atoms with Gasteiger partial charge >= 0.3 is 0 Å². The molecule has 0 saturated heterocycles. The summed E-state index contributed by atoms with van der Waals surface area (Å²) < 4.78 is 6.51. The first kappa shape index (κ1) is 19.1. The number of benzene rings is 3. The van der Waals surface area contributed by atoms with Gasteiger partial charge in [0.15, 0.2) is 0 Å². The Morgan fingerprint density at radius 2 is 1.57 bits per heavy atom. The Morgan fingerprint density at radius 3 is 2.29 bits per heavy atom. The van der Waals surface area contributed by atoms with Crippen LogP contribution in [0, 0.1) is 0 Å². The van der Waals surface area contributed by atoms with Crippen LogP contribution in [0.3, 0.4) is 0 Å². The Labute approximate surface area is 180 Å². The van der Waals surface area contributed by atoms with Gasteiger partial charge in [0, 0.05) is 20.8 Å². The van der Waals surface area contributed by atoms with Gasteiger partial charge in [-0.2, -0.15) is 0 Å². The highest BCUT2D eigenvalue weighted by atomic mass is 35.5. The number of ether oxygens (including phenoxy) is 1. The fourth-order valence-corrected chi connectivity index (χ4v) is 4.95. The predicted molar refractivity (Wildman–Crippen MR) is 118 cm³/mol. The normalized spacial score (nSPS) is 10.8. The number of halogens is 3. The van der Waals surface area contributed by atoms with Crippen LogP contribution >= 0.6 is 46.1 Å². The smallest absolute Gasteiger partial charge is 0.267 e. The zero-order valence-corrected chi connectivity index (χ0v) is 17.3. The first-order chi connectivity index (χ1) is 13.5. The van der Waals surface area contributed by atoms with E-state index in [0.29, 0.717) is 36.8 Å². The lowest BCUT2D eigenvalue weighted by molar-refractivity contribution is 0.103. The van der Waals surface area contributed by atoms with Crippen LogP contribution in [0.5, 0.6) is 11.5 Å². The molecule has 3 aromatic carbocycles. The number of rotatable bonds is 4. The molecule has 4 aromatic rings. The van der Waals surface area contributed by atoms with E-state index in [4.69, 9.17) is 39.5 Å². The quantitative estimate of drug-likeness (QED) is 0.344. The van der Waals surface area contributed by atoms with Gasteiger partial charge in [-0.25, -0.2) is 0 Å². The van der Waals surface area contributed by atoms with Crippen molar-refractivity contribution in [1.29, 1.82) is 0 Å². The summed E-state index contributed by atoms with van der Waals surface area (Å²) in [6.45, 7) is 0. The third-order valence-corrected chi connectivity index (χ3v) is 6.09. The minimum Gasteiger partial charge on any atom is -0.457 e. The number of para-hydroxylation sites is 1. The Balaban J connectivity index is 1.53. The first-order valence-electron chi connectivity index (χ1n) is 8.22. The molecule has 0 aliphatic carbocycles. The van der Waals surface area contributed by atoms with E-state index in [1.165, 1.54) is 11.3 Å². The predicted octanol–water partition coefficient (Wildman–Crippen LogP) is 7.91. The molecule has 0 aliphatic rings. The molecule has 4 rings (SSSR count). The van der Waals surface area contributed by atoms with Crippen molar-refractivity contribution in [2.24, 2.45) is 0 Å². The zero-order valence-electron chi connectivity index (χ0n) is 14.2. The minimum atomic E-state index is -0.310. The summed E-state index contributed by atoms with van der Waals surface area (Å²) in [5.74, 6) is 1.10. The molecule has 0 aliphatic heterocycles. The molecular weight excluding hydrogens is 437 g/mol. The van der Waals surface area contributed by atoms with Gasteiger partial charge in [-0.1, -0.05) is 53.0 Å². The van der Waals surface area contributed by atoms with E-state index in [2.05, 4.69) is 5.32 Å². The third kappa shape index (κ3) is 3.96. The maximum atomic E-state index is 12.7. The topological polar surface area (TPSA) is 38.3 Å². The van der Waals surface area contributed by atoms with E-state index in [1.807, 2.05) is 30.3 Å². The average Bonchev–Trinajstić information content (AvgIpc) is 3.01. The van der Waals surface area contributed by atoms with Crippen LogP contribution in [0.25, 0.3) is 10.1 Å². The number of amides is 1. The number of thiophene rings is 1. The third-order valence-electron chi connectivity index (χ3n) is 3.95. The van der Waals surface area contributed by atoms with Crippen LogP contribution in [0.2, 0.25) is 15.1 Å². The van der Waals surface area contributed by atoms with E-state index in [-0.39, 0.29) is 5.91 Å². The number of hydrogen-bond acceptors (Lipinski definition) is 3. The average molecular weight is 449 g/mol. The fourth-order valence-electron chi connectivity index (χ4n) is 2.68. The maximum absolute atomic E-state index is 12.7. The second-order valence-corrected chi connectivity index (χ2v) is 8.17. The molecule has 0 atom stereocenters. The molecule has 28 heavy (non-hydrogen) atoms. The SMILES string of the molecule is O=C(Nc1ccc(Oc2ccccc2)cc1)c1sc2cc(Cl)cc(Cl)c2c1Cl. The molecular formula is C21H12Cl3NO2S. The van der Waals surface area contributed by atoms with Crippen molar-refractivity contribution >= 4 is 67.8 Å². The monoisotopic (exact) mass is 447 g/mol. The molecule has 0 fully saturated rings. The van der Waals surface area contributed by atoms with Gasteiger partial charge in [-0.05, 0) is 48.5 Å². The van der Waals surface area contributed by atoms with E-state index in [0.717, 1.165) is 10.4 Å². The Kier molecular flexibility index (Phi) is 5.47. The lowest BCUT2D eigenvalue weighted by Gasteiger charge is -2.07. The van der Waals surface area contributed by atoms with Crippen LogP contribution in [0.4, 0.5) is 5.69 Å². The van der Waals surface area contributed by atoms with Gasteiger partial charge in [0.25, 0.3) is 5.91 Å². The molecule has 1 amide bonds. The first-order valence-corrected chi connectivity index (χ1v) is 10.2. The van der Waals surface area contributed by atoms with Crippen molar-refractivity contribution in [3.63, 3.8) is 0 Å². The zero-order chi connectivity index (χ0) is 19.7. The summed E-state index contributed by atoms with van der Waals surface area (Å²) in [5, 5.41) is 4.71. The number of nitrogens with one attached hydrogen (secondary N) is 1. The molecule has 140 valence electrons. The van der Waals surface area contributed by atoms with Gasteiger partial charge in [-0.3, -0.25) is 4.79 Å². The molecule has 1 N–H and O–H groups in total. The summed E-state index contributed by atoms with van der Waals surface area (Å²) >= 11 is 19.9. The van der Waals surface area contributed by atoms with E-state index >= 15 is 0 Å². The maximum Gasteiger partial charge on any atom is 0.267 e. The van der Waals surface area contributed by atoms with Gasteiger partial charge in [0.1, 0.15) is 16.4 Å². The minimum absolute atomic E-state index is 0.310. The standard InChI is InChI=1S/C21H12Cl3NO2S/c22-12-10-16(23)18-17(11-12)28-20(19(18)24)21(26)25-13-6-8-15(9-7-13)27-14-4-2-1-3-5-14/h1-11H,(H,25,26). The van der Waals surface area contributed by atoms with Crippen molar-refractivity contribution in [2.45, 2.75) is 0 Å². The fraction of sp³-hybridized carbons (Fsp3) is 0. The second-order valence-electron chi connectivity index (χ2n) is 5.90. The van der Waals surface area contributed by atoms with Gasteiger partial charge in [0.05, 0.1) is 10.0 Å². The molecule has 0 saturated carbocycles. The van der Waals surface area contributed by atoms with Crippen LogP contribution in [0.1, 0.15) is 9.67 Å². The van der Waals surface area contributed by atoms with Gasteiger partial charge in [-0.15, -0.1) is 11.3 Å². The molecule has 1 aromatic heterocycles. The largest absolute Gasteiger partial charge is 0.457 e. The molecule has 0 radical (unpaired) electrons. The van der Waals surface area contributed by atoms with E-state index in [9.17, 15) is 4.79 Å². The van der Waals surface area contributed by atoms with Gasteiger partial charge in [0.2, 0.25) is 0 Å². The number of fused-ring (bicyclic) bond motifs is 1. The summed E-state index contributed by atoms with van der Waals surface area (Å²) in [5.41, 5.74) is 0.628. The number of carbonyl (C=O) groups excluding carboxylic acids is 1. The summed E-state index contributed by atoms with van der Waals surface area (Å²) in [4.78, 5) is 13.1. The summed E-state index contributed by atoms with van der Waals surface area (Å²) in [6.07, 6.45) is 0. The van der Waals surface area contributed by atoms with Crippen LogP contribution < -0.4 is 10.1 Å². The van der Waals surface area contributed by atoms with Crippen molar-refractivity contribution < 1.29 is 9.53 Å². The Hall–Kier alpha value is -2.24. The lowest BCUT2D eigenvalue weighted by Crippen LogP contribution is -2.10. The second kappa shape index (κ2) is 8.02. The van der Waals surface area contributed by atoms with Crippen LogP contribution in [-0.2, 0) is 0 Å². The van der Waals surface area contributed by atoms with Crippen molar-refractivity contribution in [2.75, 3.05) is 5.32 Å². The van der Waals surface area contributed by atoms with Crippen molar-refractivity contribution in [1.82, 2.24) is 0 Å². The highest BCUT2D eigenvalue weighted by molar-refractivity contribution is 7.21. The summed E-state index contributed by atoms with van der Waals surface area (Å²) in [7, 11) is 0. The van der Waals surface area contributed by atoms with E-state index in [1.54, 1.807) is 36.4 Å². The van der Waals surface area contributed by atoms with Crippen molar-refractivity contribution in [3.05, 3.63) is 86.7 Å². The number of anilines is 1. The molecule has 1 heterocycles. The Morgan fingerprint density at radius 1 is 0.893 bits per heavy atom. The van der Waals surface area contributed by atoms with Crippen LogP contribution in [-0.4, -0.2) is 5.91 Å². The number of hydrogen-bond donors (Lipinski definition) is 1. The molecule has 3 nitrogen and oxygen atoms in total.